The summed E-state index contributed by atoms with van der Waals surface area (Å²) in [5, 5.41) is 0. The van der Waals surface area contributed by atoms with Crippen LogP contribution in [0.3, 0.4) is 0 Å². The summed E-state index contributed by atoms with van der Waals surface area (Å²) in [7, 11) is 1.68. The Balaban J connectivity index is 1.24. The molecule has 1 unspecified atom stereocenters. The molecular formula is C23H33N5O2. The Hall–Kier alpha value is -2.54. The van der Waals surface area contributed by atoms with Crippen LogP contribution < -0.4 is 9.64 Å². The Morgan fingerprint density at radius 3 is 2.57 bits per heavy atom. The van der Waals surface area contributed by atoms with Crippen LogP contribution in [0.1, 0.15) is 18.7 Å². The molecule has 1 amide bonds. The third-order valence-corrected chi connectivity index (χ3v) is 6.41. The van der Waals surface area contributed by atoms with E-state index in [-0.39, 0.29) is 5.91 Å². The number of hydrogen-bond acceptors (Lipinski definition) is 5. The van der Waals surface area contributed by atoms with Crippen molar-refractivity contribution in [1.82, 2.24) is 19.4 Å². The van der Waals surface area contributed by atoms with Crippen molar-refractivity contribution in [1.29, 1.82) is 0 Å². The van der Waals surface area contributed by atoms with Gasteiger partial charge in [0.2, 0.25) is 5.91 Å². The van der Waals surface area contributed by atoms with Gasteiger partial charge in [0.05, 0.1) is 13.7 Å². The number of nitrogens with zero attached hydrogens (tertiary/aromatic N) is 5. The van der Waals surface area contributed by atoms with Gasteiger partial charge in [0.1, 0.15) is 11.6 Å². The van der Waals surface area contributed by atoms with Gasteiger partial charge in [0, 0.05) is 57.3 Å². The maximum absolute atomic E-state index is 12.9. The summed E-state index contributed by atoms with van der Waals surface area (Å²) in [6, 6.07) is 8.16. The van der Waals surface area contributed by atoms with Gasteiger partial charge in [-0.3, -0.25) is 9.69 Å². The Morgan fingerprint density at radius 2 is 1.90 bits per heavy atom. The zero-order chi connectivity index (χ0) is 20.9. The highest BCUT2D eigenvalue weighted by Gasteiger charge is 2.26. The van der Waals surface area contributed by atoms with E-state index in [0.29, 0.717) is 12.5 Å². The van der Waals surface area contributed by atoms with E-state index in [1.165, 1.54) is 12.1 Å². The number of anilines is 1. The SMILES string of the molecule is COc1ccc(N2CCN(C(=O)CN3CCCC(Cn4ccnc4C)C3)CC2)cc1. The lowest BCUT2D eigenvalue weighted by Gasteiger charge is -2.38. The summed E-state index contributed by atoms with van der Waals surface area (Å²) in [5.74, 6) is 2.80. The Kier molecular flexibility index (Phi) is 6.57. The number of aryl methyl sites for hydroxylation is 1. The lowest BCUT2D eigenvalue weighted by atomic mass is 9.98. The summed E-state index contributed by atoms with van der Waals surface area (Å²) in [6.45, 7) is 8.94. The summed E-state index contributed by atoms with van der Waals surface area (Å²) >= 11 is 0. The molecular weight excluding hydrogens is 378 g/mol. The van der Waals surface area contributed by atoms with Crippen LogP contribution in [0, 0.1) is 12.8 Å². The first-order chi connectivity index (χ1) is 14.6. The van der Waals surface area contributed by atoms with Crippen LogP contribution in [0.4, 0.5) is 5.69 Å². The van der Waals surface area contributed by atoms with Crippen LogP contribution in [-0.4, -0.2) is 78.2 Å². The predicted octanol–water partition coefficient (Wildman–Crippen LogP) is 2.26. The van der Waals surface area contributed by atoms with Crippen LogP contribution in [0.2, 0.25) is 0 Å². The van der Waals surface area contributed by atoms with E-state index in [1.54, 1.807) is 7.11 Å². The van der Waals surface area contributed by atoms with Crippen molar-refractivity contribution in [2.24, 2.45) is 5.92 Å². The molecule has 0 saturated carbocycles. The quantitative estimate of drug-likeness (QED) is 0.730. The minimum Gasteiger partial charge on any atom is -0.497 e. The van der Waals surface area contributed by atoms with E-state index in [9.17, 15) is 4.79 Å². The molecule has 162 valence electrons. The number of carbonyl (C=O) groups is 1. The predicted molar refractivity (Wildman–Crippen MR) is 118 cm³/mol. The standard InChI is InChI=1S/C23H33N5O2/c1-19-24-9-11-28(19)17-20-4-3-10-25(16-20)18-23(29)27-14-12-26(13-15-27)21-5-7-22(30-2)8-6-21/h5-9,11,20H,3-4,10,12-18H2,1-2H3. The Morgan fingerprint density at radius 1 is 1.13 bits per heavy atom. The molecule has 1 atom stereocenters. The number of amides is 1. The van der Waals surface area contributed by atoms with Crippen LogP contribution in [0.15, 0.2) is 36.7 Å². The van der Waals surface area contributed by atoms with Crippen molar-refractivity contribution in [2.45, 2.75) is 26.3 Å². The molecule has 2 aliphatic rings. The number of methoxy groups -OCH3 is 1. The minimum atomic E-state index is 0.267. The number of piperidine rings is 1. The first-order valence-corrected chi connectivity index (χ1v) is 11.0. The van der Waals surface area contributed by atoms with Gasteiger partial charge in [-0.1, -0.05) is 0 Å². The van der Waals surface area contributed by atoms with E-state index < -0.39 is 0 Å². The largest absolute Gasteiger partial charge is 0.497 e. The topological polar surface area (TPSA) is 53.8 Å². The molecule has 30 heavy (non-hydrogen) atoms. The lowest BCUT2D eigenvalue weighted by Crippen LogP contribution is -2.52. The highest BCUT2D eigenvalue weighted by atomic mass is 16.5. The molecule has 1 aromatic carbocycles. The number of imidazole rings is 1. The second kappa shape index (κ2) is 9.51. The van der Waals surface area contributed by atoms with Crippen LogP contribution in [0.5, 0.6) is 5.75 Å². The molecule has 0 spiro atoms. The summed E-state index contributed by atoms with van der Waals surface area (Å²) in [5.41, 5.74) is 1.19. The second-order valence-electron chi connectivity index (χ2n) is 8.44. The van der Waals surface area contributed by atoms with E-state index >= 15 is 0 Å². The maximum Gasteiger partial charge on any atom is 0.236 e. The zero-order valence-corrected chi connectivity index (χ0v) is 18.2. The number of aromatic nitrogens is 2. The Bertz CT molecular complexity index is 826. The third-order valence-electron chi connectivity index (χ3n) is 6.41. The fourth-order valence-electron chi connectivity index (χ4n) is 4.62. The number of ether oxygens (including phenoxy) is 1. The lowest BCUT2D eigenvalue weighted by molar-refractivity contribution is -0.133. The minimum absolute atomic E-state index is 0.267. The Labute approximate surface area is 179 Å². The molecule has 2 saturated heterocycles. The highest BCUT2D eigenvalue weighted by Crippen LogP contribution is 2.22. The van der Waals surface area contributed by atoms with E-state index in [4.69, 9.17) is 4.74 Å². The fraction of sp³-hybridized carbons (Fsp3) is 0.565. The molecule has 2 fully saturated rings. The molecule has 2 aromatic rings. The maximum atomic E-state index is 12.9. The van der Waals surface area contributed by atoms with Crippen molar-refractivity contribution < 1.29 is 9.53 Å². The highest BCUT2D eigenvalue weighted by molar-refractivity contribution is 5.78. The van der Waals surface area contributed by atoms with Gasteiger partial charge >= 0.3 is 0 Å². The van der Waals surface area contributed by atoms with Gasteiger partial charge in [-0.05, 0) is 56.5 Å². The molecule has 0 bridgehead atoms. The van der Waals surface area contributed by atoms with Crippen molar-refractivity contribution in [3.8, 4) is 5.75 Å². The van der Waals surface area contributed by atoms with Crippen molar-refractivity contribution in [3.63, 3.8) is 0 Å². The van der Waals surface area contributed by atoms with Crippen molar-refractivity contribution in [2.75, 3.05) is 57.8 Å². The molecule has 7 nitrogen and oxygen atoms in total. The molecule has 0 radical (unpaired) electrons. The summed E-state index contributed by atoms with van der Waals surface area (Å²) in [6.07, 6.45) is 6.31. The van der Waals surface area contributed by atoms with Crippen molar-refractivity contribution in [3.05, 3.63) is 42.5 Å². The second-order valence-corrected chi connectivity index (χ2v) is 8.44. The van der Waals surface area contributed by atoms with E-state index in [1.807, 2.05) is 23.2 Å². The van der Waals surface area contributed by atoms with Crippen LogP contribution in [0.25, 0.3) is 0 Å². The van der Waals surface area contributed by atoms with Crippen molar-refractivity contribution >= 4 is 11.6 Å². The first-order valence-electron chi connectivity index (χ1n) is 11.0. The number of piperazine rings is 1. The molecule has 0 N–H and O–H groups in total. The average Bonchev–Trinajstić information content (AvgIpc) is 3.18. The summed E-state index contributed by atoms with van der Waals surface area (Å²) < 4.78 is 7.47. The first kappa shape index (κ1) is 20.7. The average molecular weight is 412 g/mol. The number of hydrogen-bond donors (Lipinski definition) is 0. The van der Waals surface area contributed by atoms with Gasteiger partial charge in [-0.25, -0.2) is 4.98 Å². The molecule has 1 aromatic heterocycles. The normalized spacial score (nSPS) is 20.4. The molecule has 3 heterocycles. The summed E-state index contributed by atoms with van der Waals surface area (Å²) in [4.78, 5) is 23.9. The molecule has 0 aliphatic carbocycles. The van der Waals surface area contributed by atoms with Gasteiger partial charge in [0.15, 0.2) is 0 Å². The zero-order valence-electron chi connectivity index (χ0n) is 18.2. The monoisotopic (exact) mass is 411 g/mol. The molecule has 4 rings (SSSR count). The van der Waals surface area contributed by atoms with Gasteiger partial charge < -0.3 is 19.1 Å². The number of carbonyl (C=O) groups excluding carboxylic acids is 1. The van der Waals surface area contributed by atoms with Gasteiger partial charge in [-0.2, -0.15) is 0 Å². The van der Waals surface area contributed by atoms with E-state index in [0.717, 1.165) is 63.8 Å². The van der Waals surface area contributed by atoms with Crippen LogP contribution >= 0.6 is 0 Å². The smallest absolute Gasteiger partial charge is 0.236 e. The van der Waals surface area contributed by atoms with Gasteiger partial charge in [0.25, 0.3) is 0 Å². The number of likely N-dealkylation sites (tertiary alicyclic amines) is 1. The molecule has 7 heteroatoms. The third kappa shape index (κ3) is 4.95. The van der Waals surface area contributed by atoms with Crippen LogP contribution in [-0.2, 0) is 11.3 Å². The van der Waals surface area contributed by atoms with E-state index in [2.05, 4.69) is 44.6 Å². The fourth-order valence-corrected chi connectivity index (χ4v) is 4.62. The van der Waals surface area contributed by atoms with Gasteiger partial charge in [-0.15, -0.1) is 0 Å². The number of benzene rings is 1. The number of rotatable bonds is 6. The molecule has 2 aliphatic heterocycles.